The van der Waals surface area contributed by atoms with Crippen molar-refractivity contribution in [1.29, 1.82) is 0 Å². The second-order valence-electron chi connectivity index (χ2n) is 13.6. The minimum atomic E-state index is -5.59. The van der Waals surface area contributed by atoms with Crippen molar-refractivity contribution in [3.8, 4) is 0 Å². The number of nitrogens with zero attached hydrogens (tertiary/aromatic N) is 4. The molecule has 29 heteroatoms. The summed E-state index contributed by atoms with van der Waals surface area (Å²) in [4.78, 5) is 88.3. The van der Waals surface area contributed by atoms with E-state index in [9.17, 15) is 63.0 Å². The zero-order valence-electron chi connectivity index (χ0n) is 31.4. The maximum Gasteiger partial charge on any atom is 0.481 e. The molecule has 4 rings (SSSR count). The summed E-state index contributed by atoms with van der Waals surface area (Å²) >= 11 is 0.822. The summed E-state index contributed by atoms with van der Waals surface area (Å²) in [5.74, 6) is -1.42. The summed E-state index contributed by atoms with van der Waals surface area (Å²) < 4.78 is 62.2. The number of aliphatic hydroxyl groups excluding tert-OH is 2. The van der Waals surface area contributed by atoms with Crippen molar-refractivity contribution in [2.45, 2.75) is 63.4 Å². The lowest BCUT2D eigenvalue weighted by Crippen LogP contribution is -2.46. The highest BCUT2D eigenvalue weighted by molar-refractivity contribution is 8.13. The molecule has 1 aliphatic rings. The third kappa shape index (κ3) is 13.4. The summed E-state index contributed by atoms with van der Waals surface area (Å²) in [6, 6.07) is 8.33. The Morgan fingerprint density at radius 2 is 1.66 bits per heavy atom. The molecule has 0 bridgehead atoms. The van der Waals surface area contributed by atoms with Crippen LogP contribution in [-0.2, 0) is 56.3 Å². The van der Waals surface area contributed by atoms with Crippen LogP contribution in [0.1, 0.15) is 39.0 Å². The van der Waals surface area contributed by atoms with Crippen molar-refractivity contribution in [2.24, 2.45) is 5.41 Å². The molecule has 8 atom stereocenters. The number of imidazole rings is 1. The first-order valence-corrected chi connectivity index (χ1v) is 22.7. The van der Waals surface area contributed by atoms with Gasteiger partial charge in [-0.3, -0.25) is 32.5 Å². The zero-order chi connectivity index (χ0) is 44.0. The van der Waals surface area contributed by atoms with Crippen molar-refractivity contribution in [3.63, 3.8) is 0 Å². The van der Waals surface area contributed by atoms with E-state index < -0.39 is 95.3 Å². The van der Waals surface area contributed by atoms with Gasteiger partial charge in [0, 0.05) is 30.7 Å². The summed E-state index contributed by atoms with van der Waals surface area (Å²) in [7, 11) is -16.4. The van der Waals surface area contributed by atoms with Crippen LogP contribution < -0.4 is 16.4 Å². The highest BCUT2D eigenvalue weighted by Gasteiger charge is 2.50. The molecular weight excluding hydrogens is 871 g/mol. The van der Waals surface area contributed by atoms with Crippen molar-refractivity contribution in [3.05, 3.63) is 48.5 Å². The number of anilines is 1. The number of amides is 2. The van der Waals surface area contributed by atoms with Gasteiger partial charge in [-0.15, -0.1) is 0 Å². The molecule has 8 unspecified atom stereocenters. The van der Waals surface area contributed by atoms with E-state index in [0.717, 1.165) is 29.0 Å². The lowest BCUT2D eigenvalue weighted by Gasteiger charge is -2.30. The van der Waals surface area contributed by atoms with Crippen LogP contribution in [0.2, 0.25) is 0 Å². The van der Waals surface area contributed by atoms with E-state index in [2.05, 4.69) is 34.4 Å². The molecule has 2 amide bonds. The van der Waals surface area contributed by atoms with Crippen LogP contribution in [0.5, 0.6) is 0 Å². The minimum Gasteiger partial charge on any atom is -0.386 e. The summed E-state index contributed by atoms with van der Waals surface area (Å²) in [5, 5.41) is 36.4. The van der Waals surface area contributed by atoms with E-state index in [1.807, 2.05) is 0 Å². The second-order valence-corrected chi connectivity index (χ2v) is 18.9. The molecule has 1 fully saturated rings. The molecular formula is C30H44N7O18P3S. The zero-order valence-corrected chi connectivity index (χ0v) is 34.9. The molecule has 0 aliphatic carbocycles. The fourth-order valence-electron chi connectivity index (χ4n) is 5.29. The van der Waals surface area contributed by atoms with Crippen LogP contribution in [-0.4, -0.2) is 128 Å². The quantitative estimate of drug-likeness (QED) is 0.0479. The number of nitrogen functional groups attached to an aromatic ring is 1. The number of aliphatic hydroxyl groups is 3. The number of nitrogens with two attached hydrogens (primary N) is 1. The molecule has 1 aromatic carbocycles. The third-order valence-corrected chi connectivity index (χ3v) is 12.6. The van der Waals surface area contributed by atoms with Gasteiger partial charge in [-0.2, -0.15) is 4.31 Å². The number of ether oxygens (including phenoxy) is 1. The van der Waals surface area contributed by atoms with E-state index in [1.165, 1.54) is 20.8 Å². The number of phosphoric acid groups is 3. The van der Waals surface area contributed by atoms with Gasteiger partial charge in [0.05, 0.1) is 19.5 Å². The summed E-state index contributed by atoms with van der Waals surface area (Å²) in [5.41, 5.74) is 2.90. The monoisotopic (exact) mass is 915 g/mol. The van der Waals surface area contributed by atoms with Gasteiger partial charge in [0.1, 0.15) is 36.3 Å². The fourth-order valence-corrected chi connectivity index (χ4v) is 8.91. The van der Waals surface area contributed by atoms with Gasteiger partial charge in [-0.25, -0.2) is 28.6 Å². The predicted octanol–water partition coefficient (Wildman–Crippen LogP) is -0.428. The number of carbonyl (C=O) groups is 3. The van der Waals surface area contributed by atoms with Crippen LogP contribution >= 0.6 is 35.2 Å². The van der Waals surface area contributed by atoms with Gasteiger partial charge in [-0.05, 0) is 12.5 Å². The first kappa shape index (κ1) is 48.4. The molecule has 1 aliphatic heterocycles. The maximum atomic E-state index is 12.7. The van der Waals surface area contributed by atoms with E-state index in [-0.39, 0.29) is 42.2 Å². The Labute approximate surface area is 339 Å². The van der Waals surface area contributed by atoms with Crippen LogP contribution in [0.25, 0.3) is 11.2 Å². The van der Waals surface area contributed by atoms with Crippen LogP contribution in [0, 0.1) is 5.41 Å². The average Bonchev–Trinajstić information content (AvgIpc) is 3.71. The largest absolute Gasteiger partial charge is 0.481 e. The Kier molecular flexibility index (Phi) is 16.1. The normalized spacial score (nSPS) is 22.2. The number of phosphoric ester groups is 3. The number of nitrogens with one attached hydrogen (secondary N) is 2. The number of carbonyl (C=O) groups excluding carboxylic acids is 3. The smallest absolute Gasteiger partial charge is 0.386 e. The number of thioether (sulfide) groups is 1. The number of rotatable bonds is 21. The number of aromatic nitrogens is 4. The number of fused-ring (bicyclic) bond motifs is 1. The maximum absolute atomic E-state index is 12.7. The van der Waals surface area contributed by atoms with Crippen LogP contribution in [0.15, 0.2) is 43.0 Å². The van der Waals surface area contributed by atoms with E-state index in [1.54, 1.807) is 30.3 Å². The second kappa shape index (κ2) is 19.6. The first-order chi connectivity index (χ1) is 27.3. The van der Waals surface area contributed by atoms with Crippen molar-refractivity contribution >= 4 is 69.1 Å². The van der Waals surface area contributed by atoms with Crippen LogP contribution in [0.3, 0.4) is 0 Å². The first-order valence-electron chi connectivity index (χ1n) is 17.2. The Morgan fingerprint density at radius 3 is 2.32 bits per heavy atom. The lowest BCUT2D eigenvalue weighted by molar-refractivity contribution is -0.137. The topological polar surface area (TPSA) is 384 Å². The average molecular weight is 916 g/mol. The molecule has 59 heavy (non-hydrogen) atoms. The van der Waals surface area contributed by atoms with Crippen LogP contribution in [0.4, 0.5) is 5.82 Å². The Hall–Kier alpha value is -3.26. The number of benzene rings is 1. The molecule has 25 nitrogen and oxygen atoms in total. The van der Waals surface area contributed by atoms with E-state index >= 15 is 0 Å². The Morgan fingerprint density at radius 1 is 1.00 bits per heavy atom. The summed E-state index contributed by atoms with van der Waals surface area (Å²) in [6.07, 6.45) is -7.06. The Bertz CT molecular complexity index is 2110. The molecule has 2 aromatic heterocycles. The molecule has 11 N–H and O–H groups in total. The molecule has 0 radical (unpaired) electrons. The highest BCUT2D eigenvalue weighted by Crippen LogP contribution is 2.61. The van der Waals surface area contributed by atoms with Gasteiger partial charge in [0.2, 0.25) is 16.9 Å². The molecule has 3 heterocycles. The van der Waals surface area contributed by atoms with Gasteiger partial charge >= 0.3 is 23.5 Å². The molecule has 0 saturated carbocycles. The van der Waals surface area contributed by atoms with Crippen molar-refractivity contribution < 1.29 is 85.6 Å². The third-order valence-electron chi connectivity index (χ3n) is 8.47. The van der Waals surface area contributed by atoms with E-state index in [4.69, 9.17) is 19.5 Å². The SMILES string of the molecule is CC(O)(C(=O)SCCNC(=O)CCNC(=O)C(O)C(C)(C)COP(=O)(O)OP(=O)(O)OCC1OC(n2cnc3c(N)ncnc32)C(O)C1OP(=O)(O)O)c1ccccc1. The van der Waals surface area contributed by atoms with E-state index in [0.29, 0.717) is 5.56 Å². The number of hydrogen-bond acceptors (Lipinski definition) is 19. The van der Waals surface area contributed by atoms with Crippen molar-refractivity contribution in [1.82, 2.24) is 30.2 Å². The van der Waals surface area contributed by atoms with Gasteiger partial charge in [0.25, 0.3) is 0 Å². The highest BCUT2D eigenvalue weighted by atomic mass is 32.2. The molecule has 1 saturated heterocycles. The van der Waals surface area contributed by atoms with Crippen molar-refractivity contribution in [2.75, 3.05) is 37.8 Å². The molecule has 3 aromatic rings. The molecule has 0 spiro atoms. The molecule has 328 valence electrons. The van der Waals surface area contributed by atoms with Gasteiger partial charge in [0.15, 0.2) is 23.3 Å². The van der Waals surface area contributed by atoms with Gasteiger partial charge in [-0.1, -0.05) is 55.9 Å². The lowest BCUT2D eigenvalue weighted by atomic mass is 9.87. The van der Waals surface area contributed by atoms with Gasteiger partial charge < -0.3 is 56.0 Å². The predicted molar refractivity (Wildman–Crippen MR) is 203 cm³/mol. The Balaban J connectivity index is 1.22. The standard InChI is InChI=1S/C30H44N7O18P3S/c1-29(2,23(40)26(41)33-10-9-19(38)32-11-12-59-28(42)30(3,43)17-7-5-4-6-8-17)14-52-58(49,50)55-57(47,48)51-13-18-22(54-56(44,45)46)21(39)27(53-18)37-16-36-20-24(31)34-15-35-25(20)37/h4-8,15-16,18,21-23,27,39-40,43H,9-14H2,1-3H3,(H,32,38)(H,33,41)(H,47,48)(H,49,50)(H2,31,34,35)(H2,44,45,46). The fraction of sp³-hybridized carbons (Fsp3) is 0.533. The number of hydrogen-bond donors (Lipinski definition) is 10. The minimum absolute atomic E-state index is 0.0231. The summed E-state index contributed by atoms with van der Waals surface area (Å²) in [6.45, 7) is 1.60.